The van der Waals surface area contributed by atoms with Crippen molar-refractivity contribution in [3.05, 3.63) is 34.3 Å². The molecule has 0 aliphatic carbocycles. The molecule has 1 rings (SSSR count). The molecule has 0 heterocycles. The van der Waals surface area contributed by atoms with E-state index in [4.69, 9.17) is 0 Å². The van der Waals surface area contributed by atoms with Gasteiger partial charge in [0.05, 0.1) is 0 Å². The zero-order chi connectivity index (χ0) is 12.9. The lowest BCUT2D eigenvalue weighted by molar-refractivity contribution is 0.201. The second-order valence-electron chi connectivity index (χ2n) is 5.50. The van der Waals surface area contributed by atoms with Gasteiger partial charge in [0.25, 0.3) is 0 Å². The van der Waals surface area contributed by atoms with E-state index in [9.17, 15) is 0 Å². The summed E-state index contributed by atoms with van der Waals surface area (Å²) in [6, 6.07) is 8.51. The Morgan fingerprint density at radius 2 is 2.06 bits per heavy atom. The standard InChI is InChI=1S/C14H23BrN2/c1-14(2,10-16-3)11-17(4)9-12-6-5-7-13(15)8-12/h5-8,16H,9-11H2,1-4H3. The van der Waals surface area contributed by atoms with Gasteiger partial charge in [-0.3, -0.25) is 0 Å². The minimum absolute atomic E-state index is 0.301. The molecule has 0 fully saturated rings. The molecule has 0 saturated heterocycles. The van der Waals surface area contributed by atoms with Crippen molar-refractivity contribution in [2.24, 2.45) is 5.41 Å². The molecule has 0 bridgehead atoms. The number of hydrogen-bond acceptors (Lipinski definition) is 2. The number of nitrogens with zero attached hydrogens (tertiary/aromatic N) is 1. The summed E-state index contributed by atoms with van der Waals surface area (Å²) in [7, 11) is 4.19. The molecule has 0 saturated carbocycles. The van der Waals surface area contributed by atoms with E-state index in [0.29, 0.717) is 5.41 Å². The van der Waals surface area contributed by atoms with E-state index in [0.717, 1.165) is 24.1 Å². The SMILES string of the molecule is CNCC(C)(C)CN(C)Cc1cccc(Br)c1. The monoisotopic (exact) mass is 298 g/mol. The molecule has 0 unspecified atom stereocenters. The Morgan fingerprint density at radius 3 is 2.65 bits per heavy atom. The van der Waals surface area contributed by atoms with Gasteiger partial charge in [-0.25, -0.2) is 0 Å². The fourth-order valence-corrected chi connectivity index (χ4v) is 2.71. The van der Waals surface area contributed by atoms with Crippen LogP contribution in [0.15, 0.2) is 28.7 Å². The lowest BCUT2D eigenvalue weighted by atomic mass is 9.93. The Morgan fingerprint density at radius 1 is 1.35 bits per heavy atom. The van der Waals surface area contributed by atoms with Crippen molar-refractivity contribution in [2.75, 3.05) is 27.2 Å². The van der Waals surface area contributed by atoms with Crippen molar-refractivity contribution in [1.82, 2.24) is 10.2 Å². The number of rotatable bonds is 6. The molecule has 3 heteroatoms. The maximum atomic E-state index is 3.51. The number of benzene rings is 1. The van der Waals surface area contributed by atoms with Crippen LogP contribution in [0.4, 0.5) is 0 Å². The van der Waals surface area contributed by atoms with Gasteiger partial charge >= 0.3 is 0 Å². The van der Waals surface area contributed by atoms with Gasteiger partial charge in [0, 0.05) is 24.1 Å². The fourth-order valence-electron chi connectivity index (χ4n) is 2.27. The molecule has 0 amide bonds. The van der Waals surface area contributed by atoms with Gasteiger partial charge in [0.15, 0.2) is 0 Å². The minimum atomic E-state index is 0.301. The first-order valence-corrected chi connectivity index (χ1v) is 6.80. The normalized spacial score (nSPS) is 12.1. The molecule has 1 N–H and O–H groups in total. The molecule has 2 nitrogen and oxygen atoms in total. The highest BCUT2D eigenvalue weighted by molar-refractivity contribution is 9.10. The Bertz CT molecular complexity index is 350. The Hall–Kier alpha value is -0.380. The Balaban J connectivity index is 2.52. The van der Waals surface area contributed by atoms with Crippen molar-refractivity contribution >= 4 is 15.9 Å². The topological polar surface area (TPSA) is 15.3 Å². The molecule has 0 atom stereocenters. The zero-order valence-corrected chi connectivity index (χ0v) is 12.8. The van der Waals surface area contributed by atoms with Crippen LogP contribution >= 0.6 is 15.9 Å². The average molecular weight is 299 g/mol. The van der Waals surface area contributed by atoms with Crippen LogP contribution < -0.4 is 5.32 Å². The second kappa shape index (κ2) is 6.53. The molecule has 0 aliphatic heterocycles. The van der Waals surface area contributed by atoms with E-state index in [2.05, 4.69) is 71.3 Å². The van der Waals surface area contributed by atoms with E-state index in [-0.39, 0.29) is 0 Å². The molecule has 0 aromatic heterocycles. The number of halogens is 1. The Kier molecular flexibility index (Phi) is 5.63. The summed E-state index contributed by atoms with van der Waals surface area (Å²) < 4.78 is 1.15. The van der Waals surface area contributed by atoms with Gasteiger partial charge in [0.2, 0.25) is 0 Å². The van der Waals surface area contributed by atoms with Gasteiger partial charge in [-0.15, -0.1) is 0 Å². The predicted octanol–water partition coefficient (Wildman–Crippen LogP) is 3.13. The highest BCUT2D eigenvalue weighted by atomic mass is 79.9. The summed E-state index contributed by atoms with van der Waals surface area (Å²) in [5, 5.41) is 3.25. The lowest BCUT2D eigenvalue weighted by Gasteiger charge is -2.30. The van der Waals surface area contributed by atoms with Crippen LogP contribution in [0.1, 0.15) is 19.4 Å². The van der Waals surface area contributed by atoms with Crippen molar-refractivity contribution in [3.8, 4) is 0 Å². The van der Waals surface area contributed by atoms with Gasteiger partial charge in [-0.1, -0.05) is 41.9 Å². The number of nitrogens with one attached hydrogen (secondary N) is 1. The van der Waals surface area contributed by atoms with E-state index >= 15 is 0 Å². The van der Waals surface area contributed by atoms with Gasteiger partial charge in [-0.2, -0.15) is 0 Å². The van der Waals surface area contributed by atoms with Crippen LogP contribution in [0.2, 0.25) is 0 Å². The highest BCUT2D eigenvalue weighted by Crippen LogP contribution is 2.17. The zero-order valence-electron chi connectivity index (χ0n) is 11.3. The largest absolute Gasteiger partial charge is 0.319 e. The molecule has 1 aromatic rings. The van der Waals surface area contributed by atoms with E-state index in [1.807, 2.05) is 7.05 Å². The maximum absolute atomic E-state index is 3.51. The first kappa shape index (κ1) is 14.7. The average Bonchev–Trinajstić information content (AvgIpc) is 2.15. The molecular weight excluding hydrogens is 276 g/mol. The fraction of sp³-hybridized carbons (Fsp3) is 0.571. The highest BCUT2D eigenvalue weighted by Gasteiger charge is 2.19. The summed E-state index contributed by atoms with van der Waals surface area (Å²) in [6.07, 6.45) is 0. The predicted molar refractivity (Wildman–Crippen MR) is 78.2 cm³/mol. The Labute approximate surface area is 114 Å². The van der Waals surface area contributed by atoms with Crippen molar-refractivity contribution in [1.29, 1.82) is 0 Å². The van der Waals surface area contributed by atoms with Crippen molar-refractivity contribution in [3.63, 3.8) is 0 Å². The van der Waals surface area contributed by atoms with E-state index in [1.165, 1.54) is 5.56 Å². The van der Waals surface area contributed by atoms with E-state index < -0.39 is 0 Å². The maximum Gasteiger partial charge on any atom is 0.0231 e. The van der Waals surface area contributed by atoms with Gasteiger partial charge < -0.3 is 10.2 Å². The van der Waals surface area contributed by atoms with Gasteiger partial charge in [0.1, 0.15) is 0 Å². The van der Waals surface area contributed by atoms with Crippen LogP contribution in [0.25, 0.3) is 0 Å². The van der Waals surface area contributed by atoms with Crippen LogP contribution in [0, 0.1) is 5.41 Å². The summed E-state index contributed by atoms with van der Waals surface area (Å²) in [5.74, 6) is 0. The van der Waals surface area contributed by atoms with Crippen LogP contribution in [0.3, 0.4) is 0 Å². The molecular formula is C14H23BrN2. The third-order valence-electron chi connectivity index (χ3n) is 2.69. The van der Waals surface area contributed by atoms with E-state index in [1.54, 1.807) is 0 Å². The quantitative estimate of drug-likeness (QED) is 0.868. The summed E-state index contributed by atoms with van der Waals surface area (Å²) >= 11 is 3.51. The van der Waals surface area contributed by atoms with Crippen molar-refractivity contribution < 1.29 is 0 Å². The van der Waals surface area contributed by atoms with Crippen molar-refractivity contribution in [2.45, 2.75) is 20.4 Å². The van der Waals surface area contributed by atoms with Gasteiger partial charge in [-0.05, 0) is 37.2 Å². The third kappa shape index (κ3) is 5.66. The van der Waals surface area contributed by atoms with Crippen LogP contribution in [0.5, 0.6) is 0 Å². The van der Waals surface area contributed by atoms with Crippen LogP contribution in [-0.2, 0) is 6.54 Å². The lowest BCUT2D eigenvalue weighted by Crippen LogP contribution is -2.37. The van der Waals surface area contributed by atoms with Crippen LogP contribution in [-0.4, -0.2) is 32.1 Å². The molecule has 1 aromatic carbocycles. The first-order valence-electron chi connectivity index (χ1n) is 6.00. The molecule has 96 valence electrons. The molecule has 0 radical (unpaired) electrons. The molecule has 0 spiro atoms. The third-order valence-corrected chi connectivity index (χ3v) is 3.19. The number of hydrogen-bond donors (Lipinski definition) is 1. The summed E-state index contributed by atoms with van der Waals surface area (Å²) in [4.78, 5) is 2.37. The molecule has 17 heavy (non-hydrogen) atoms. The second-order valence-corrected chi connectivity index (χ2v) is 6.41. The smallest absolute Gasteiger partial charge is 0.0231 e. The summed E-state index contributed by atoms with van der Waals surface area (Å²) in [6.45, 7) is 7.70. The summed E-state index contributed by atoms with van der Waals surface area (Å²) in [5.41, 5.74) is 1.65. The molecule has 0 aliphatic rings. The minimum Gasteiger partial charge on any atom is -0.319 e. The first-order chi connectivity index (χ1) is 7.93.